The van der Waals surface area contributed by atoms with E-state index in [9.17, 15) is 24.5 Å². The first kappa shape index (κ1) is 16.4. The third-order valence-corrected chi connectivity index (χ3v) is 3.90. The second-order valence-electron chi connectivity index (χ2n) is 5.39. The number of aliphatic hydroxyl groups excluding tert-OH is 2. The number of anilines is 1. The maximum atomic E-state index is 14.2. The Morgan fingerprint density at radius 1 is 1.62 bits per heavy atom. The molecule has 3 rings (SSSR count). The lowest BCUT2D eigenvalue weighted by molar-refractivity contribution is -0.0721. The van der Waals surface area contributed by atoms with Gasteiger partial charge in [-0.3, -0.25) is 14.3 Å². The molecule has 0 aromatic carbocycles. The standard InChI is InChI=1S/C14H15FN4O5/c1-2-3-14(23)9(21)7(5-20)24-12(14)19-4-6(15)8-10(19)17-13(16)18-11(8)22/h4,7,9,12,20-21,23H,5H2,1H3,(H3,16,17,18,22)/t7-,9?,12-,14-/m1/s1. The van der Waals surface area contributed by atoms with Gasteiger partial charge < -0.3 is 25.8 Å². The number of hydrogen-bond donors (Lipinski definition) is 5. The summed E-state index contributed by atoms with van der Waals surface area (Å²) in [5, 5.41) is 29.9. The number of aromatic amines is 1. The zero-order valence-corrected chi connectivity index (χ0v) is 12.5. The first-order valence-electron chi connectivity index (χ1n) is 7.00. The molecule has 24 heavy (non-hydrogen) atoms. The van der Waals surface area contributed by atoms with Gasteiger partial charge in [0.05, 0.1) is 6.61 Å². The minimum atomic E-state index is -2.14. The Morgan fingerprint density at radius 2 is 2.33 bits per heavy atom. The average Bonchev–Trinajstić information content (AvgIpc) is 2.96. The van der Waals surface area contributed by atoms with E-state index in [0.29, 0.717) is 0 Å². The van der Waals surface area contributed by atoms with Crippen molar-refractivity contribution < 1.29 is 24.4 Å². The molecule has 2 aromatic heterocycles. The molecular weight excluding hydrogens is 323 g/mol. The van der Waals surface area contributed by atoms with Crippen LogP contribution in [-0.2, 0) is 4.74 Å². The smallest absolute Gasteiger partial charge is 0.264 e. The highest BCUT2D eigenvalue weighted by atomic mass is 19.1. The summed E-state index contributed by atoms with van der Waals surface area (Å²) in [7, 11) is 0. The van der Waals surface area contributed by atoms with Crippen molar-refractivity contribution in [2.45, 2.75) is 31.0 Å². The number of aliphatic hydroxyl groups is 3. The zero-order chi connectivity index (χ0) is 17.6. The number of nitrogens with zero attached hydrogens (tertiary/aromatic N) is 2. The summed E-state index contributed by atoms with van der Waals surface area (Å²) in [6, 6.07) is 0. The number of aromatic nitrogens is 3. The number of halogens is 1. The van der Waals surface area contributed by atoms with Crippen LogP contribution in [0.2, 0.25) is 0 Å². The van der Waals surface area contributed by atoms with Crippen LogP contribution in [0.25, 0.3) is 11.0 Å². The van der Waals surface area contributed by atoms with Crippen molar-refractivity contribution in [1.29, 1.82) is 0 Å². The minimum absolute atomic E-state index is 0.180. The number of fused-ring (bicyclic) bond motifs is 1. The van der Waals surface area contributed by atoms with Gasteiger partial charge in [-0.1, -0.05) is 5.92 Å². The Hall–Kier alpha value is -2.45. The number of nitrogen functional groups attached to an aromatic ring is 1. The van der Waals surface area contributed by atoms with E-state index < -0.39 is 42.0 Å². The molecule has 1 fully saturated rings. The van der Waals surface area contributed by atoms with Gasteiger partial charge in [0.2, 0.25) is 5.95 Å². The summed E-state index contributed by atoms with van der Waals surface area (Å²) in [5.74, 6) is 3.72. The third-order valence-electron chi connectivity index (χ3n) is 3.90. The molecule has 1 aliphatic heterocycles. The summed E-state index contributed by atoms with van der Waals surface area (Å²) in [5.41, 5.74) is 2.37. The van der Waals surface area contributed by atoms with E-state index in [-0.39, 0.29) is 17.0 Å². The Kier molecular flexibility index (Phi) is 3.81. The van der Waals surface area contributed by atoms with Gasteiger partial charge in [0, 0.05) is 6.20 Å². The van der Waals surface area contributed by atoms with E-state index >= 15 is 0 Å². The van der Waals surface area contributed by atoms with Crippen molar-refractivity contribution in [3.8, 4) is 11.8 Å². The molecule has 3 heterocycles. The van der Waals surface area contributed by atoms with Crippen LogP contribution in [0.15, 0.2) is 11.0 Å². The minimum Gasteiger partial charge on any atom is -0.394 e. The molecule has 0 spiro atoms. The molecule has 0 bridgehead atoms. The van der Waals surface area contributed by atoms with E-state index in [1.807, 2.05) is 0 Å². The van der Waals surface area contributed by atoms with Gasteiger partial charge >= 0.3 is 0 Å². The van der Waals surface area contributed by atoms with Crippen LogP contribution in [0.4, 0.5) is 10.3 Å². The normalized spacial score (nSPS) is 29.6. The predicted octanol–water partition coefficient (Wildman–Crippen LogP) is -1.55. The summed E-state index contributed by atoms with van der Waals surface area (Å²) in [4.78, 5) is 17.9. The monoisotopic (exact) mass is 338 g/mol. The molecule has 10 heteroatoms. The topological polar surface area (TPSA) is 147 Å². The molecule has 4 atom stereocenters. The maximum absolute atomic E-state index is 14.2. The molecule has 1 unspecified atom stereocenters. The first-order chi connectivity index (χ1) is 11.3. The number of H-pyrrole nitrogens is 1. The fourth-order valence-electron chi connectivity index (χ4n) is 2.84. The maximum Gasteiger partial charge on any atom is 0.264 e. The molecule has 9 nitrogen and oxygen atoms in total. The van der Waals surface area contributed by atoms with Crippen molar-refractivity contribution in [3.05, 3.63) is 22.4 Å². The number of nitrogens with two attached hydrogens (primary N) is 1. The van der Waals surface area contributed by atoms with Crippen molar-refractivity contribution in [1.82, 2.24) is 14.5 Å². The molecule has 1 saturated heterocycles. The lowest BCUT2D eigenvalue weighted by Gasteiger charge is -2.26. The number of rotatable bonds is 2. The number of nitrogens with one attached hydrogen (secondary N) is 1. The third kappa shape index (κ3) is 2.18. The fraction of sp³-hybridized carbons (Fsp3) is 0.429. The van der Waals surface area contributed by atoms with Crippen molar-refractivity contribution in [3.63, 3.8) is 0 Å². The lowest BCUT2D eigenvalue weighted by Crippen LogP contribution is -2.45. The van der Waals surface area contributed by atoms with Crippen LogP contribution in [0.3, 0.4) is 0 Å². The molecule has 0 saturated carbocycles. The van der Waals surface area contributed by atoms with Crippen molar-refractivity contribution in [2.24, 2.45) is 0 Å². The molecular formula is C14H15FN4O5. The quantitative estimate of drug-likeness (QED) is 0.417. The lowest BCUT2D eigenvalue weighted by atomic mass is 9.94. The molecule has 0 aliphatic carbocycles. The van der Waals surface area contributed by atoms with E-state index in [4.69, 9.17) is 10.5 Å². The number of hydrogen-bond acceptors (Lipinski definition) is 7. The Morgan fingerprint density at radius 3 is 2.96 bits per heavy atom. The van der Waals surface area contributed by atoms with Gasteiger partial charge in [-0.25, -0.2) is 4.39 Å². The summed E-state index contributed by atoms with van der Waals surface area (Å²) < 4.78 is 20.6. The van der Waals surface area contributed by atoms with Crippen LogP contribution in [0.5, 0.6) is 0 Å². The highest BCUT2D eigenvalue weighted by Gasteiger charge is 2.56. The first-order valence-corrected chi connectivity index (χ1v) is 7.00. The van der Waals surface area contributed by atoms with Gasteiger partial charge in [0.15, 0.2) is 23.3 Å². The highest BCUT2D eigenvalue weighted by molar-refractivity contribution is 5.77. The summed E-state index contributed by atoms with van der Waals surface area (Å²) in [6.45, 7) is 0.840. The van der Waals surface area contributed by atoms with Crippen LogP contribution in [0.1, 0.15) is 13.2 Å². The van der Waals surface area contributed by atoms with Crippen LogP contribution >= 0.6 is 0 Å². The second-order valence-corrected chi connectivity index (χ2v) is 5.39. The van der Waals surface area contributed by atoms with Crippen LogP contribution < -0.4 is 11.3 Å². The van der Waals surface area contributed by atoms with Crippen LogP contribution in [0, 0.1) is 17.7 Å². The van der Waals surface area contributed by atoms with E-state index in [0.717, 1.165) is 10.8 Å². The molecule has 0 amide bonds. The Balaban J connectivity index is 2.26. The second kappa shape index (κ2) is 5.57. The largest absolute Gasteiger partial charge is 0.394 e. The van der Waals surface area contributed by atoms with E-state index in [1.165, 1.54) is 6.92 Å². The fourth-order valence-corrected chi connectivity index (χ4v) is 2.84. The highest BCUT2D eigenvalue weighted by Crippen LogP contribution is 2.39. The molecule has 6 N–H and O–H groups in total. The van der Waals surface area contributed by atoms with E-state index in [2.05, 4.69) is 21.8 Å². The van der Waals surface area contributed by atoms with Crippen molar-refractivity contribution >= 4 is 17.0 Å². The van der Waals surface area contributed by atoms with Gasteiger partial charge in [0.25, 0.3) is 5.56 Å². The van der Waals surface area contributed by atoms with Gasteiger partial charge in [-0.15, -0.1) is 5.92 Å². The van der Waals surface area contributed by atoms with Crippen LogP contribution in [-0.4, -0.2) is 54.3 Å². The van der Waals surface area contributed by atoms with Gasteiger partial charge in [-0.05, 0) is 6.92 Å². The average molecular weight is 338 g/mol. The van der Waals surface area contributed by atoms with Gasteiger partial charge in [-0.2, -0.15) is 4.98 Å². The predicted molar refractivity (Wildman–Crippen MR) is 80.1 cm³/mol. The van der Waals surface area contributed by atoms with Crippen molar-refractivity contribution in [2.75, 3.05) is 12.3 Å². The van der Waals surface area contributed by atoms with Gasteiger partial charge in [0.1, 0.15) is 17.6 Å². The molecule has 128 valence electrons. The molecule has 2 aromatic rings. The zero-order valence-electron chi connectivity index (χ0n) is 12.5. The van der Waals surface area contributed by atoms with E-state index in [1.54, 1.807) is 0 Å². The molecule has 0 radical (unpaired) electrons. The summed E-state index contributed by atoms with van der Waals surface area (Å²) >= 11 is 0. The summed E-state index contributed by atoms with van der Waals surface area (Å²) in [6.07, 6.45) is -3.22. The number of ether oxygens (including phenoxy) is 1. The SMILES string of the molecule is CC#C[C@@]1(O)C(O)[C@@H](CO)O[C@H]1n1cc(F)c2c(=O)[nH]c(N)nc21. The Labute approximate surface area is 134 Å². The Bertz CT molecular complexity index is 913. The molecule has 1 aliphatic rings.